The standard InChI is InChI=1S/C7H11NO2/c1-4-7(5(2)9)8-6(3)10/h4,7H,1H2,2-3H3,(H,8,10). The average molecular weight is 141 g/mol. The highest BCUT2D eigenvalue weighted by atomic mass is 16.2. The van der Waals surface area contributed by atoms with Crippen LogP contribution in [0.15, 0.2) is 12.7 Å². The Morgan fingerprint density at radius 3 is 2.10 bits per heavy atom. The minimum atomic E-state index is -0.530. The maximum atomic E-state index is 10.6. The maximum Gasteiger partial charge on any atom is 0.217 e. The van der Waals surface area contributed by atoms with E-state index in [1.54, 1.807) is 0 Å². The van der Waals surface area contributed by atoms with E-state index in [2.05, 4.69) is 11.9 Å². The van der Waals surface area contributed by atoms with Crippen LogP contribution >= 0.6 is 0 Å². The van der Waals surface area contributed by atoms with E-state index >= 15 is 0 Å². The van der Waals surface area contributed by atoms with Gasteiger partial charge in [-0.15, -0.1) is 6.58 Å². The SMILES string of the molecule is C=CC(NC(C)=O)C(C)=O. The van der Waals surface area contributed by atoms with Crippen LogP contribution in [0, 0.1) is 0 Å². The van der Waals surface area contributed by atoms with E-state index in [-0.39, 0.29) is 11.7 Å². The molecule has 1 unspecified atom stereocenters. The number of ketones is 1. The summed E-state index contributed by atoms with van der Waals surface area (Å²) < 4.78 is 0. The molecule has 1 amide bonds. The fourth-order valence-corrected chi connectivity index (χ4v) is 0.546. The van der Waals surface area contributed by atoms with Gasteiger partial charge in [0.25, 0.3) is 0 Å². The molecule has 0 radical (unpaired) electrons. The van der Waals surface area contributed by atoms with E-state index in [0.29, 0.717) is 0 Å². The van der Waals surface area contributed by atoms with Gasteiger partial charge in [0.15, 0.2) is 5.78 Å². The summed E-state index contributed by atoms with van der Waals surface area (Å²) >= 11 is 0. The zero-order chi connectivity index (χ0) is 8.15. The van der Waals surface area contributed by atoms with Crippen molar-refractivity contribution in [1.82, 2.24) is 5.32 Å². The van der Waals surface area contributed by atoms with Crippen molar-refractivity contribution < 1.29 is 9.59 Å². The van der Waals surface area contributed by atoms with E-state index in [0.717, 1.165) is 0 Å². The maximum absolute atomic E-state index is 10.6. The third-order valence-electron chi connectivity index (χ3n) is 1.03. The first kappa shape index (κ1) is 8.88. The lowest BCUT2D eigenvalue weighted by Crippen LogP contribution is -2.36. The Labute approximate surface area is 60.1 Å². The van der Waals surface area contributed by atoms with Crippen LogP contribution in [0.3, 0.4) is 0 Å². The first-order valence-corrected chi connectivity index (χ1v) is 2.98. The molecule has 1 atom stereocenters. The Morgan fingerprint density at radius 2 is 2.00 bits per heavy atom. The van der Waals surface area contributed by atoms with E-state index in [9.17, 15) is 9.59 Å². The largest absolute Gasteiger partial charge is 0.343 e. The van der Waals surface area contributed by atoms with Crippen LogP contribution < -0.4 is 5.32 Å². The molecule has 0 heterocycles. The van der Waals surface area contributed by atoms with Crippen molar-refractivity contribution in [3.8, 4) is 0 Å². The second-order valence-electron chi connectivity index (χ2n) is 2.02. The fraction of sp³-hybridized carbons (Fsp3) is 0.429. The summed E-state index contributed by atoms with van der Waals surface area (Å²) in [5, 5.41) is 2.42. The summed E-state index contributed by atoms with van der Waals surface area (Å²) in [5.41, 5.74) is 0. The molecule has 0 bridgehead atoms. The summed E-state index contributed by atoms with van der Waals surface area (Å²) in [6.45, 7) is 6.17. The summed E-state index contributed by atoms with van der Waals surface area (Å²) in [6, 6.07) is -0.530. The zero-order valence-electron chi connectivity index (χ0n) is 6.18. The van der Waals surface area contributed by atoms with Crippen LogP contribution in [0.1, 0.15) is 13.8 Å². The molecule has 0 aliphatic rings. The molecule has 56 valence electrons. The summed E-state index contributed by atoms with van der Waals surface area (Å²) in [6.07, 6.45) is 1.41. The molecule has 0 saturated carbocycles. The monoisotopic (exact) mass is 141 g/mol. The highest BCUT2D eigenvalue weighted by molar-refractivity contribution is 5.88. The van der Waals surface area contributed by atoms with Crippen LogP contribution in [-0.4, -0.2) is 17.7 Å². The van der Waals surface area contributed by atoms with Gasteiger partial charge in [-0.25, -0.2) is 0 Å². The zero-order valence-corrected chi connectivity index (χ0v) is 6.18. The van der Waals surface area contributed by atoms with Crippen molar-refractivity contribution in [1.29, 1.82) is 0 Å². The van der Waals surface area contributed by atoms with E-state index in [4.69, 9.17) is 0 Å². The summed E-state index contributed by atoms with van der Waals surface area (Å²) in [7, 11) is 0. The molecule has 3 nitrogen and oxygen atoms in total. The van der Waals surface area contributed by atoms with E-state index < -0.39 is 6.04 Å². The molecular weight excluding hydrogens is 130 g/mol. The Bertz CT molecular complexity index is 163. The quantitative estimate of drug-likeness (QED) is 0.573. The summed E-state index contributed by atoms with van der Waals surface area (Å²) in [5.74, 6) is -0.328. The fourth-order valence-electron chi connectivity index (χ4n) is 0.546. The van der Waals surface area contributed by atoms with Crippen LogP contribution in [-0.2, 0) is 9.59 Å². The van der Waals surface area contributed by atoms with Crippen LogP contribution in [0.5, 0.6) is 0 Å². The minimum Gasteiger partial charge on any atom is -0.343 e. The van der Waals surface area contributed by atoms with Gasteiger partial charge < -0.3 is 5.32 Å². The lowest BCUT2D eigenvalue weighted by atomic mass is 10.2. The number of carbonyl (C=O) groups excluding carboxylic acids is 2. The van der Waals surface area contributed by atoms with Crippen molar-refractivity contribution in [2.75, 3.05) is 0 Å². The van der Waals surface area contributed by atoms with Crippen molar-refractivity contribution >= 4 is 11.7 Å². The van der Waals surface area contributed by atoms with Gasteiger partial charge in [-0.3, -0.25) is 9.59 Å². The third kappa shape index (κ3) is 3.02. The molecule has 0 spiro atoms. The highest BCUT2D eigenvalue weighted by Crippen LogP contribution is 1.85. The van der Waals surface area contributed by atoms with Crippen molar-refractivity contribution in [3.05, 3.63) is 12.7 Å². The number of rotatable bonds is 3. The second kappa shape index (κ2) is 3.82. The third-order valence-corrected chi connectivity index (χ3v) is 1.03. The smallest absolute Gasteiger partial charge is 0.217 e. The predicted molar refractivity (Wildman–Crippen MR) is 38.5 cm³/mol. The molecule has 0 aromatic rings. The number of hydrogen-bond acceptors (Lipinski definition) is 2. The Hall–Kier alpha value is -1.12. The first-order valence-electron chi connectivity index (χ1n) is 2.98. The number of amides is 1. The minimum absolute atomic E-state index is 0.106. The molecule has 3 heteroatoms. The van der Waals surface area contributed by atoms with Crippen molar-refractivity contribution in [3.63, 3.8) is 0 Å². The molecule has 0 aliphatic heterocycles. The Balaban J connectivity index is 3.96. The highest BCUT2D eigenvalue weighted by Gasteiger charge is 2.08. The van der Waals surface area contributed by atoms with Crippen LogP contribution in [0.4, 0.5) is 0 Å². The van der Waals surface area contributed by atoms with Crippen LogP contribution in [0.25, 0.3) is 0 Å². The van der Waals surface area contributed by atoms with Gasteiger partial charge in [-0.05, 0) is 6.92 Å². The van der Waals surface area contributed by atoms with Gasteiger partial charge in [-0.1, -0.05) is 6.08 Å². The molecule has 10 heavy (non-hydrogen) atoms. The molecule has 0 fully saturated rings. The second-order valence-corrected chi connectivity index (χ2v) is 2.02. The van der Waals surface area contributed by atoms with Gasteiger partial charge in [0.1, 0.15) is 6.04 Å². The first-order chi connectivity index (χ1) is 4.57. The van der Waals surface area contributed by atoms with Gasteiger partial charge >= 0.3 is 0 Å². The lowest BCUT2D eigenvalue weighted by Gasteiger charge is -2.07. The van der Waals surface area contributed by atoms with Crippen LogP contribution in [0.2, 0.25) is 0 Å². The average Bonchev–Trinajstić information content (AvgIpc) is 1.81. The molecule has 0 aromatic carbocycles. The normalized spacial score (nSPS) is 11.8. The molecule has 0 rings (SSSR count). The lowest BCUT2D eigenvalue weighted by molar-refractivity contribution is -0.124. The van der Waals surface area contributed by atoms with Gasteiger partial charge in [0, 0.05) is 6.92 Å². The number of carbonyl (C=O) groups is 2. The van der Waals surface area contributed by atoms with Gasteiger partial charge in [0.05, 0.1) is 0 Å². The van der Waals surface area contributed by atoms with E-state index in [1.807, 2.05) is 0 Å². The van der Waals surface area contributed by atoms with Crippen molar-refractivity contribution in [2.45, 2.75) is 19.9 Å². The molecular formula is C7H11NO2. The molecule has 0 saturated heterocycles. The topological polar surface area (TPSA) is 46.2 Å². The number of nitrogens with one attached hydrogen (secondary N) is 1. The number of Topliss-reactive ketones (excluding diaryl/α,β-unsaturated/α-hetero) is 1. The molecule has 0 aliphatic carbocycles. The predicted octanol–water partition coefficient (Wildman–Crippen LogP) is 0.266. The van der Waals surface area contributed by atoms with Crippen molar-refractivity contribution in [2.24, 2.45) is 0 Å². The molecule has 1 N–H and O–H groups in total. The van der Waals surface area contributed by atoms with Gasteiger partial charge in [0.2, 0.25) is 5.91 Å². The Morgan fingerprint density at radius 1 is 1.50 bits per heavy atom. The number of hydrogen-bond donors (Lipinski definition) is 1. The summed E-state index contributed by atoms with van der Waals surface area (Å²) in [4.78, 5) is 21.0. The Kier molecular flexibility index (Phi) is 3.39. The van der Waals surface area contributed by atoms with Gasteiger partial charge in [-0.2, -0.15) is 0 Å². The van der Waals surface area contributed by atoms with E-state index in [1.165, 1.54) is 19.9 Å². The molecule has 0 aromatic heterocycles.